The zero-order valence-corrected chi connectivity index (χ0v) is 11.1. The Labute approximate surface area is 118 Å². The number of carbonyl (C=O) groups excluding carboxylic acids is 1. The number of nitrogens with zero attached hydrogens (tertiary/aromatic N) is 1. The monoisotopic (exact) mass is 267 g/mol. The smallest absolute Gasteiger partial charge is 0.315 e. The Balaban J connectivity index is 1.45. The lowest BCUT2D eigenvalue weighted by Crippen LogP contribution is -2.36. The van der Waals surface area contributed by atoms with Crippen LogP contribution in [0.5, 0.6) is 0 Å². The number of pyridine rings is 1. The maximum Gasteiger partial charge on any atom is 0.315 e. The summed E-state index contributed by atoms with van der Waals surface area (Å²) in [6, 6.07) is 14.2. The van der Waals surface area contributed by atoms with E-state index in [1.54, 1.807) is 12.4 Å². The van der Waals surface area contributed by atoms with Gasteiger partial charge in [-0.05, 0) is 29.7 Å². The SMILES string of the molecule is O=C(NCc1ccncc1)NC1CC1c1ccccc1. The Morgan fingerprint density at radius 2 is 1.90 bits per heavy atom. The van der Waals surface area contributed by atoms with E-state index in [0.717, 1.165) is 12.0 Å². The molecule has 1 saturated carbocycles. The highest BCUT2D eigenvalue weighted by Gasteiger charge is 2.39. The molecule has 1 aliphatic rings. The molecule has 2 amide bonds. The second-order valence-corrected chi connectivity index (χ2v) is 5.04. The molecule has 2 atom stereocenters. The van der Waals surface area contributed by atoms with Gasteiger partial charge in [-0.15, -0.1) is 0 Å². The number of benzene rings is 1. The Morgan fingerprint density at radius 1 is 1.15 bits per heavy atom. The molecule has 102 valence electrons. The average Bonchev–Trinajstić information content (AvgIpc) is 3.26. The van der Waals surface area contributed by atoms with Gasteiger partial charge in [0.2, 0.25) is 0 Å². The van der Waals surface area contributed by atoms with Crippen LogP contribution < -0.4 is 10.6 Å². The molecule has 4 nitrogen and oxygen atoms in total. The lowest BCUT2D eigenvalue weighted by Gasteiger charge is -2.07. The summed E-state index contributed by atoms with van der Waals surface area (Å²) >= 11 is 0. The lowest BCUT2D eigenvalue weighted by molar-refractivity contribution is 0.240. The lowest BCUT2D eigenvalue weighted by atomic mass is 10.1. The van der Waals surface area contributed by atoms with Gasteiger partial charge in [-0.2, -0.15) is 0 Å². The minimum Gasteiger partial charge on any atom is -0.335 e. The molecule has 3 rings (SSSR count). The fourth-order valence-corrected chi connectivity index (χ4v) is 2.33. The molecule has 0 bridgehead atoms. The molecule has 1 aromatic heterocycles. The number of hydrogen-bond acceptors (Lipinski definition) is 2. The van der Waals surface area contributed by atoms with Crippen LogP contribution in [0, 0.1) is 0 Å². The first-order valence-electron chi connectivity index (χ1n) is 6.81. The molecule has 1 aliphatic carbocycles. The van der Waals surface area contributed by atoms with Crippen molar-refractivity contribution in [3.05, 3.63) is 66.0 Å². The van der Waals surface area contributed by atoms with Crippen LogP contribution in [0.3, 0.4) is 0 Å². The van der Waals surface area contributed by atoms with Gasteiger partial charge in [0.15, 0.2) is 0 Å². The molecule has 1 fully saturated rings. The van der Waals surface area contributed by atoms with Gasteiger partial charge in [-0.25, -0.2) is 4.79 Å². The summed E-state index contributed by atoms with van der Waals surface area (Å²) in [6.45, 7) is 0.525. The van der Waals surface area contributed by atoms with Gasteiger partial charge in [0.25, 0.3) is 0 Å². The molecular formula is C16H17N3O. The van der Waals surface area contributed by atoms with Gasteiger partial charge in [-0.3, -0.25) is 4.98 Å². The molecule has 0 saturated heterocycles. The Morgan fingerprint density at radius 3 is 2.65 bits per heavy atom. The number of rotatable bonds is 4. The van der Waals surface area contributed by atoms with Crippen molar-refractivity contribution in [1.29, 1.82) is 0 Å². The van der Waals surface area contributed by atoms with Crippen LogP contribution in [-0.4, -0.2) is 17.1 Å². The quantitative estimate of drug-likeness (QED) is 0.894. The van der Waals surface area contributed by atoms with E-state index in [-0.39, 0.29) is 12.1 Å². The molecule has 0 spiro atoms. The van der Waals surface area contributed by atoms with Gasteiger partial charge in [0.05, 0.1) is 0 Å². The molecule has 1 aromatic carbocycles. The van der Waals surface area contributed by atoms with E-state index in [0.29, 0.717) is 12.5 Å². The topological polar surface area (TPSA) is 54.0 Å². The van der Waals surface area contributed by atoms with E-state index in [4.69, 9.17) is 0 Å². The fourth-order valence-electron chi connectivity index (χ4n) is 2.33. The Bertz CT molecular complexity index is 571. The second kappa shape index (κ2) is 5.74. The minimum atomic E-state index is -0.106. The predicted molar refractivity (Wildman–Crippen MR) is 77.2 cm³/mol. The van der Waals surface area contributed by atoms with E-state index < -0.39 is 0 Å². The van der Waals surface area contributed by atoms with E-state index in [2.05, 4.69) is 27.8 Å². The number of nitrogens with one attached hydrogen (secondary N) is 2. The minimum absolute atomic E-state index is 0.106. The number of amides is 2. The summed E-state index contributed by atoms with van der Waals surface area (Å²) in [4.78, 5) is 15.8. The predicted octanol–water partition coefficient (Wildman–Crippen LogP) is 2.44. The maximum absolute atomic E-state index is 11.8. The van der Waals surface area contributed by atoms with E-state index in [9.17, 15) is 4.79 Å². The molecule has 20 heavy (non-hydrogen) atoms. The highest BCUT2D eigenvalue weighted by atomic mass is 16.2. The average molecular weight is 267 g/mol. The van der Waals surface area contributed by atoms with E-state index >= 15 is 0 Å². The van der Waals surface area contributed by atoms with Gasteiger partial charge in [0.1, 0.15) is 0 Å². The van der Waals surface area contributed by atoms with Gasteiger partial charge in [-0.1, -0.05) is 30.3 Å². The third-order valence-corrected chi connectivity index (χ3v) is 3.54. The molecule has 1 heterocycles. The third-order valence-electron chi connectivity index (χ3n) is 3.54. The summed E-state index contributed by atoms with van der Waals surface area (Å²) in [7, 11) is 0. The molecule has 2 unspecified atom stereocenters. The molecule has 0 aliphatic heterocycles. The molecule has 0 radical (unpaired) electrons. The first kappa shape index (κ1) is 12.7. The normalized spacial score (nSPS) is 20.2. The van der Waals surface area contributed by atoms with Crippen molar-refractivity contribution >= 4 is 6.03 Å². The molecule has 2 N–H and O–H groups in total. The van der Waals surface area contributed by atoms with Crippen molar-refractivity contribution in [3.8, 4) is 0 Å². The second-order valence-electron chi connectivity index (χ2n) is 5.04. The van der Waals surface area contributed by atoms with Crippen molar-refractivity contribution in [2.75, 3.05) is 0 Å². The van der Waals surface area contributed by atoms with Gasteiger partial charge >= 0.3 is 6.03 Å². The molecule has 2 aromatic rings. The summed E-state index contributed by atoms with van der Waals surface area (Å²) in [5.41, 5.74) is 2.34. The van der Waals surface area contributed by atoms with E-state index in [1.807, 2.05) is 30.3 Å². The van der Waals surface area contributed by atoms with Crippen molar-refractivity contribution in [2.45, 2.75) is 24.9 Å². The number of carbonyl (C=O) groups is 1. The summed E-state index contributed by atoms with van der Waals surface area (Å²) in [5, 5.41) is 5.87. The van der Waals surface area contributed by atoms with Crippen molar-refractivity contribution in [2.24, 2.45) is 0 Å². The van der Waals surface area contributed by atoms with Crippen LogP contribution in [0.4, 0.5) is 4.79 Å². The van der Waals surface area contributed by atoms with Crippen molar-refractivity contribution < 1.29 is 4.79 Å². The third kappa shape index (κ3) is 3.15. The molecular weight excluding hydrogens is 250 g/mol. The first-order valence-corrected chi connectivity index (χ1v) is 6.81. The van der Waals surface area contributed by atoms with Crippen LogP contribution in [-0.2, 0) is 6.54 Å². The Kier molecular flexibility index (Phi) is 3.63. The standard InChI is InChI=1S/C16H17N3O/c20-16(18-11-12-6-8-17-9-7-12)19-15-10-14(15)13-4-2-1-3-5-13/h1-9,14-15H,10-11H2,(H2,18,19,20). The Hall–Kier alpha value is -2.36. The number of urea groups is 1. The fraction of sp³-hybridized carbons (Fsp3) is 0.250. The van der Waals surface area contributed by atoms with Crippen molar-refractivity contribution in [3.63, 3.8) is 0 Å². The number of aromatic nitrogens is 1. The summed E-state index contributed by atoms with van der Waals surface area (Å²) in [6.07, 6.45) is 4.47. The molecule has 4 heteroatoms. The zero-order valence-electron chi connectivity index (χ0n) is 11.1. The number of hydrogen-bond donors (Lipinski definition) is 2. The maximum atomic E-state index is 11.8. The van der Waals surface area contributed by atoms with Gasteiger partial charge in [0, 0.05) is 30.9 Å². The van der Waals surface area contributed by atoms with Gasteiger partial charge < -0.3 is 10.6 Å². The summed E-state index contributed by atoms with van der Waals surface area (Å²) < 4.78 is 0. The first-order chi connectivity index (χ1) is 9.83. The van der Waals surface area contributed by atoms with Crippen molar-refractivity contribution in [1.82, 2.24) is 15.6 Å². The highest BCUT2D eigenvalue weighted by molar-refractivity contribution is 5.74. The largest absolute Gasteiger partial charge is 0.335 e. The van der Waals surface area contributed by atoms with E-state index in [1.165, 1.54) is 5.56 Å². The van der Waals surface area contributed by atoms with Crippen LogP contribution in [0.25, 0.3) is 0 Å². The van der Waals surface area contributed by atoms with Crippen LogP contribution in [0.15, 0.2) is 54.9 Å². The van der Waals surface area contributed by atoms with Crippen LogP contribution in [0.2, 0.25) is 0 Å². The van der Waals surface area contributed by atoms with Crippen LogP contribution in [0.1, 0.15) is 23.5 Å². The zero-order chi connectivity index (χ0) is 13.8. The van der Waals surface area contributed by atoms with Crippen LogP contribution >= 0.6 is 0 Å². The summed E-state index contributed by atoms with van der Waals surface area (Å²) in [5.74, 6) is 0.461. The highest BCUT2D eigenvalue weighted by Crippen LogP contribution is 2.40.